The SMILES string of the molecule is CC(O)C#CCCCCN1Cc2ccccc2C1. The van der Waals surface area contributed by atoms with Gasteiger partial charge in [0.05, 0.1) is 0 Å². The number of aliphatic hydroxyl groups excluding tert-OH is 1. The lowest BCUT2D eigenvalue weighted by molar-refractivity contribution is 0.253. The smallest absolute Gasteiger partial charge is 0.111 e. The van der Waals surface area contributed by atoms with Crippen LogP contribution in [0, 0.1) is 11.8 Å². The molecule has 18 heavy (non-hydrogen) atoms. The van der Waals surface area contributed by atoms with E-state index in [0.29, 0.717) is 0 Å². The lowest BCUT2D eigenvalue weighted by atomic mass is 10.1. The highest BCUT2D eigenvalue weighted by molar-refractivity contribution is 5.30. The van der Waals surface area contributed by atoms with Gasteiger partial charge in [-0.2, -0.15) is 0 Å². The first-order valence-electron chi connectivity index (χ1n) is 6.71. The van der Waals surface area contributed by atoms with Crippen LogP contribution in [0.5, 0.6) is 0 Å². The number of hydrogen-bond acceptors (Lipinski definition) is 2. The number of benzene rings is 1. The summed E-state index contributed by atoms with van der Waals surface area (Å²) in [5.41, 5.74) is 2.96. The van der Waals surface area contributed by atoms with Gasteiger partial charge in [-0.25, -0.2) is 0 Å². The van der Waals surface area contributed by atoms with Crippen molar-refractivity contribution in [2.24, 2.45) is 0 Å². The average molecular weight is 243 g/mol. The number of aliphatic hydroxyl groups is 1. The zero-order chi connectivity index (χ0) is 12.8. The van der Waals surface area contributed by atoms with Crippen molar-refractivity contribution >= 4 is 0 Å². The zero-order valence-electron chi connectivity index (χ0n) is 11.0. The molecule has 0 saturated carbocycles. The molecule has 2 heteroatoms. The number of fused-ring (bicyclic) bond motifs is 1. The van der Waals surface area contributed by atoms with Crippen molar-refractivity contribution in [2.75, 3.05) is 6.54 Å². The highest BCUT2D eigenvalue weighted by Crippen LogP contribution is 2.22. The van der Waals surface area contributed by atoms with Crippen molar-refractivity contribution in [1.29, 1.82) is 0 Å². The summed E-state index contributed by atoms with van der Waals surface area (Å²) in [6.45, 7) is 5.03. The number of nitrogens with zero attached hydrogens (tertiary/aromatic N) is 1. The maximum atomic E-state index is 9.00. The molecule has 1 heterocycles. The van der Waals surface area contributed by atoms with E-state index >= 15 is 0 Å². The van der Waals surface area contributed by atoms with Crippen LogP contribution in [-0.2, 0) is 13.1 Å². The topological polar surface area (TPSA) is 23.5 Å². The molecule has 0 spiro atoms. The standard InChI is InChI=1S/C16H21NO/c1-14(18)8-4-2-3-7-11-17-12-15-9-5-6-10-16(15)13-17/h5-6,9-10,14,18H,2-3,7,11-13H2,1H3. The van der Waals surface area contributed by atoms with Crippen molar-refractivity contribution in [3.05, 3.63) is 35.4 Å². The third kappa shape index (κ3) is 3.87. The van der Waals surface area contributed by atoms with E-state index in [-0.39, 0.29) is 0 Å². The second-order valence-corrected chi connectivity index (χ2v) is 4.93. The van der Waals surface area contributed by atoms with Gasteiger partial charge in [0.25, 0.3) is 0 Å². The van der Waals surface area contributed by atoms with Gasteiger partial charge < -0.3 is 5.11 Å². The second kappa shape index (κ2) is 6.58. The molecule has 0 amide bonds. The maximum Gasteiger partial charge on any atom is 0.111 e. The molecule has 1 unspecified atom stereocenters. The predicted octanol–water partition coefficient (Wildman–Crippen LogP) is 2.56. The Balaban J connectivity index is 1.64. The van der Waals surface area contributed by atoms with Gasteiger partial charge in [0.15, 0.2) is 0 Å². The summed E-state index contributed by atoms with van der Waals surface area (Å²) < 4.78 is 0. The quantitative estimate of drug-likeness (QED) is 0.649. The fourth-order valence-corrected chi connectivity index (χ4v) is 2.33. The molecule has 2 rings (SSSR count). The summed E-state index contributed by atoms with van der Waals surface area (Å²) in [4.78, 5) is 2.49. The molecule has 0 bridgehead atoms. The van der Waals surface area contributed by atoms with Gasteiger partial charge in [-0.15, -0.1) is 5.92 Å². The minimum Gasteiger partial charge on any atom is -0.381 e. The van der Waals surface area contributed by atoms with Crippen molar-refractivity contribution < 1.29 is 5.11 Å². The molecule has 1 aliphatic rings. The van der Waals surface area contributed by atoms with Crippen molar-refractivity contribution in [2.45, 2.75) is 45.4 Å². The van der Waals surface area contributed by atoms with Crippen LogP contribution in [0.1, 0.15) is 37.3 Å². The minimum atomic E-state index is -0.488. The molecule has 1 atom stereocenters. The van der Waals surface area contributed by atoms with E-state index in [0.717, 1.165) is 32.5 Å². The fourth-order valence-electron chi connectivity index (χ4n) is 2.33. The lowest BCUT2D eigenvalue weighted by Gasteiger charge is -2.13. The van der Waals surface area contributed by atoms with Crippen LogP contribution in [0.3, 0.4) is 0 Å². The molecule has 0 radical (unpaired) electrons. The molecule has 0 fully saturated rings. The Kier molecular flexibility index (Phi) is 4.81. The van der Waals surface area contributed by atoms with Gasteiger partial charge in [0, 0.05) is 19.5 Å². The Hall–Kier alpha value is -1.30. The number of rotatable bonds is 4. The third-order valence-electron chi connectivity index (χ3n) is 3.24. The summed E-state index contributed by atoms with van der Waals surface area (Å²) in [6.07, 6.45) is 2.71. The second-order valence-electron chi connectivity index (χ2n) is 4.93. The molecule has 1 aromatic rings. The number of hydrogen-bond donors (Lipinski definition) is 1. The van der Waals surface area contributed by atoms with Crippen LogP contribution in [0.25, 0.3) is 0 Å². The van der Waals surface area contributed by atoms with Gasteiger partial charge in [0.1, 0.15) is 6.10 Å². The monoisotopic (exact) mass is 243 g/mol. The van der Waals surface area contributed by atoms with E-state index in [1.807, 2.05) is 0 Å². The van der Waals surface area contributed by atoms with Crippen LogP contribution in [-0.4, -0.2) is 22.7 Å². The third-order valence-corrected chi connectivity index (χ3v) is 3.24. The zero-order valence-corrected chi connectivity index (χ0v) is 11.0. The van der Waals surface area contributed by atoms with Crippen LogP contribution in [0.2, 0.25) is 0 Å². The first-order valence-corrected chi connectivity index (χ1v) is 6.71. The first-order chi connectivity index (χ1) is 8.75. The maximum absolute atomic E-state index is 9.00. The molecule has 0 aliphatic carbocycles. The average Bonchev–Trinajstić information content (AvgIpc) is 2.75. The summed E-state index contributed by atoms with van der Waals surface area (Å²) in [6, 6.07) is 8.69. The van der Waals surface area contributed by atoms with Gasteiger partial charge in [-0.05, 0) is 37.4 Å². The predicted molar refractivity (Wildman–Crippen MR) is 73.9 cm³/mol. The van der Waals surface area contributed by atoms with Crippen molar-refractivity contribution in [3.8, 4) is 11.8 Å². The molecule has 1 aliphatic heterocycles. The van der Waals surface area contributed by atoms with E-state index in [2.05, 4.69) is 41.0 Å². The van der Waals surface area contributed by atoms with E-state index in [1.54, 1.807) is 6.92 Å². The van der Waals surface area contributed by atoms with Crippen molar-refractivity contribution in [1.82, 2.24) is 4.90 Å². The Bertz CT molecular complexity index is 417. The summed E-state index contributed by atoms with van der Waals surface area (Å²) in [7, 11) is 0. The molecule has 2 nitrogen and oxygen atoms in total. The van der Waals surface area contributed by atoms with Crippen LogP contribution in [0.4, 0.5) is 0 Å². The molecule has 1 N–H and O–H groups in total. The molecule has 0 aromatic heterocycles. The van der Waals surface area contributed by atoms with Gasteiger partial charge in [0.2, 0.25) is 0 Å². The summed E-state index contributed by atoms with van der Waals surface area (Å²) in [5.74, 6) is 5.79. The van der Waals surface area contributed by atoms with Crippen LogP contribution >= 0.6 is 0 Å². The molecule has 0 saturated heterocycles. The van der Waals surface area contributed by atoms with E-state index in [9.17, 15) is 0 Å². The molecule has 1 aromatic carbocycles. The van der Waals surface area contributed by atoms with Crippen molar-refractivity contribution in [3.63, 3.8) is 0 Å². The molecular weight excluding hydrogens is 222 g/mol. The highest BCUT2D eigenvalue weighted by atomic mass is 16.3. The highest BCUT2D eigenvalue weighted by Gasteiger charge is 2.16. The minimum absolute atomic E-state index is 0.488. The van der Waals surface area contributed by atoms with E-state index in [1.165, 1.54) is 17.5 Å². The Morgan fingerprint density at radius 2 is 1.89 bits per heavy atom. The Labute approximate surface area is 110 Å². The summed E-state index contributed by atoms with van der Waals surface area (Å²) in [5, 5.41) is 9.00. The normalized spacial score (nSPS) is 15.9. The van der Waals surface area contributed by atoms with Gasteiger partial charge in [-0.1, -0.05) is 30.2 Å². The molecular formula is C16H21NO. The van der Waals surface area contributed by atoms with Gasteiger partial charge in [-0.3, -0.25) is 4.90 Å². The van der Waals surface area contributed by atoms with E-state index < -0.39 is 6.10 Å². The number of unbranched alkanes of at least 4 members (excludes halogenated alkanes) is 2. The van der Waals surface area contributed by atoms with E-state index in [4.69, 9.17) is 5.11 Å². The van der Waals surface area contributed by atoms with Crippen LogP contribution < -0.4 is 0 Å². The fraction of sp³-hybridized carbons (Fsp3) is 0.500. The first kappa shape index (κ1) is 13.1. The van der Waals surface area contributed by atoms with Crippen LogP contribution in [0.15, 0.2) is 24.3 Å². The molecule has 96 valence electrons. The summed E-state index contributed by atoms with van der Waals surface area (Å²) >= 11 is 0. The van der Waals surface area contributed by atoms with Gasteiger partial charge >= 0.3 is 0 Å². The lowest BCUT2D eigenvalue weighted by Crippen LogP contribution is -2.17. The Morgan fingerprint density at radius 1 is 1.22 bits per heavy atom. The Morgan fingerprint density at radius 3 is 2.50 bits per heavy atom. The largest absolute Gasteiger partial charge is 0.381 e.